The van der Waals surface area contributed by atoms with Gasteiger partial charge in [0.1, 0.15) is 0 Å². The highest BCUT2D eigenvalue weighted by Gasteiger charge is 2.29. The van der Waals surface area contributed by atoms with E-state index < -0.39 is 0 Å². The third-order valence-corrected chi connectivity index (χ3v) is 4.78. The highest BCUT2D eigenvalue weighted by Crippen LogP contribution is 2.30. The smallest absolute Gasteiger partial charge is 0.255 e. The first kappa shape index (κ1) is 19.6. The molecule has 0 aliphatic heterocycles. The number of hydrogen-bond donors (Lipinski definition) is 2. The average Bonchev–Trinajstić information content (AvgIpc) is 3.55. The van der Waals surface area contributed by atoms with Crippen LogP contribution in [-0.2, 0) is 4.79 Å². The zero-order valence-corrected chi connectivity index (χ0v) is 16.2. The highest BCUT2D eigenvalue weighted by atomic mass is 16.2. The summed E-state index contributed by atoms with van der Waals surface area (Å²) < 4.78 is 0. The fraction of sp³-hybridized carbons (Fsp3) is 0.318. The number of carbonyl (C=O) groups excluding carboxylic acids is 3. The second kappa shape index (κ2) is 8.69. The molecule has 2 N–H and O–H groups in total. The topological polar surface area (TPSA) is 78.5 Å². The van der Waals surface area contributed by atoms with E-state index in [0.717, 1.165) is 12.8 Å². The normalized spacial score (nSPS) is 12.9. The van der Waals surface area contributed by atoms with Gasteiger partial charge in [0.05, 0.1) is 0 Å². The zero-order chi connectivity index (χ0) is 20.1. The molecule has 1 aliphatic carbocycles. The molecule has 0 bridgehead atoms. The molecule has 1 aliphatic rings. The Bertz CT molecular complexity index is 869. The van der Waals surface area contributed by atoms with Crippen molar-refractivity contribution < 1.29 is 14.4 Å². The molecule has 0 atom stereocenters. The molecule has 3 rings (SSSR count). The molecule has 146 valence electrons. The van der Waals surface area contributed by atoms with Gasteiger partial charge < -0.3 is 15.5 Å². The molecule has 0 saturated heterocycles. The van der Waals surface area contributed by atoms with Crippen molar-refractivity contribution in [3.8, 4) is 0 Å². The minimum Gasteiger partial charge on any atom is -0.339 e. The van der Waals surface area contributed by atoms with Gasteiger partial charge >= 0.3 is 0 Å². The molecule has 0 spiro atoms. The minimum atomic E-state index is -0.271. The lowest BCUT2D eigenvalue weighted by Crippen LogP contribution is -2.30. The maximum absolute atomic E-state index is 12.5. The third-order valence-electron chi connectivity index (χ3n) is 4.78. The summed E-state index contributed by atoms with van der Waals surface area (Å²) in [6.07, 6.45) is 1.89. The van der Waals surface area contributed by atoms with Gasteiger partial charge in [0.2, 0.25) is 5.91 Å². The zero-order valence-electron chi connectivity index (χ0n) is 16.2. The summed E-state index contributed by atoms with van der Waals surface area (Å²) >= 11 is 0. The second-order valence-electron chi connectivity index (χ2n) is 6.85. The van der Waals surface area contributed by atoms with Crippen LogP contribution in [0.15, 0.2) is 48.5 Å². The lowest BCUT2D eigenvalue weighted by Gasteiger charge is -2.19. The van der Waals surface area contributed by atoms with E-state index in [0.29, 0.717) is 35.6 Å². The summed E-state index contributed by atoms with van der Waals surface area (Å²) in [5, 5.41) is 5.67. The number of anilines is 2. The molecule has 1 saturated carbocycles. The molecule has 0 heterocycles. The van der Waals surface area contributed by atoms with Gasteiger partial charge in [-0.3, -0.25) is 14.4 Å². The average molecular weight is 379 g/mol. The molecule has 0 radical (unpaired) electrons. The number of rotatable bonds is 7. The number of hydrogen-bond acceptors (Lipinski definition) is 3. The Labute approximate surface area is 164 Å². The first-order valence-corrected chi connectivity index (χ1v) is 9.63. The van der Waals surface area contributed by atoms with Crippen molar-refractivity contribution in [1.82, 2.24) is 4.90 Å². The Balaban J connectivity index is 1.64. The molecule has 0 aromatic heterocycles. The third kappa shape index (κ3) is 4.76. The quantitative estimate of drug-likeness (QED) is 0.769. The van der Waals surface area contributed by atoms with Crippen LogP contribution in [0.5, 0.6) is 0 Å². The Morgan fingerprint density at radius 2 is 1.57 bits per heavy atom. The molecule has 2 aromatic rings. The molecule has 3 amide bonds. The SMILES string of the molecule is CCN(CC)C(=O)c1cccc(NC(=O)c2ccc(NC(=O)C3CC3)cc2)c1. The fourth-order valence-corrected chi connectivity index (χ4v) is 2.92. The fourth-order valence-electron chi connectivity index (χ4n) is 2.92. The van der Waals surface area contributed by atoms with Crippen LogP contribution in [0.25, 0.3) is 0 Å². The van der Waals surface area contributed by atoms with Gasteiger partial charge in [0, 0.05) is 41.5 Å². The summed E-state index contributed by atoms with van der Waals surface area (Å²) in [5.41, 5.74) is 2.26. The minimum absolute atomic E-state index is 0.0342. The Morgan fingerprint density at radius 3 is 2.18 bits per heavy atom. The van der Waals surface area contributed by atoms with Crippen LogP contribution in [0.2, 0.25) is 0 Å². The summed E-state index contributed by atoms with van der Waals surface area (Å²) in [6.45, 7) is 5.14. The molecule has 6 nitrogen and oxygen atoms in total. The van der Waals surface area contributed by atoms with Gasteiger partial charge in [-0.1, -0.05) is 6.07 Å². The van der Waals surface area contributed by atoms with Crippen molar-refractivity contribution in [3.05, 3.63) is 59.7 Å². The van der Waals surface area contributed by atoms with Gasteiger partial charge in [0.25, 0.3) is 11.8 Å². The van der Waals surface area contributed by atoms with E-state index in [1.165, 1.54) is 0 Å². The molecule has 1 fully saturated rings. The Morgan fingerprint density at radius 1 is 0.893 bits per heavy atom. The van der Waals surface area contributed by atoms with Crippen molar-refractivity contribution in [2.75, 3.05) is 23.7 Å². The van der Waals surface area contributed by atoms with Gasteiger partial charge in [-0.25, -0.2) is 0 Å². The van der Waals surface area contributed by atoms with E-state index in [2.05, 4.69) is 10.6 Å². The largest absolute Gasteiger partial charge is 0.339 e. The maximum Gasteiger partial charge on any atom is 0.255 e. The lowest BCUT2D eigenvalue weighted by atomic mass is 10.1. The van der Waals surface area contributed by atoms with Gasteiger partial charge in [-0.05, 0) is 69.2 Å². The molecule has 2 aromatic carbocycles. The number of benzene rings is 2. The predicted molar refractivity (Wildman–Crippen MR) is 109 cm³/mol. The van der Waals surface area contributed by atoms with Gasteiger partial charge in [-0.2, -0.15) is 0 Å². The standard InChI is InChI=1S/C22H25N3O3/c1-3-25(4-2)22(28)17-6-5-7-19(14-17)24-21(27)16-10-12-18(13-11-16)23-20(26)15-8-9-15/h5-7,10-15H,3-4,8-9H2,1-2H3,(H,23,26)(H,24,27). The molecule has 6 heteroatoms. The number of nitrogens with one attached hydrogen (secondary N) is 2. The van der Waals surface area contributed by atoms with E-state index in [9.17, 15) is 14.4 Å². The van der Waals surface area contributed by atoms with E-state index in [1.807, 2.05) is 13.8 Å². The Kier molecular flexibility index (Phi) is 6.09. The van der Waals surface area contributed by atoms with Crippen molar-refractivity contribution in [1.29, 1.82) is 0 Å². The lowest BCUT2D eigenvalue weighted by molar-refractivity contribution is -0.117. The first-order chi connectivity index (χ1) is 13.5. The van der Waals surface area contributed by atoms with Crippen LogP contribution >= 0.6 is 0 Å². The van der Waals surface area contributed by atoms with E-state index in [-0.39, 0.29) is 23.6 Å². The van der Waals surface area contributed by atoms with E-state index in [1.54, 1.807) is 53.4 Å². The molecule has 0 unspecified atom stereocenters. The van der Waals surface area contributed by atoms with Crippen LogP contribution in [0.3, 0.4) is 0 Å². The van der Waals surface area contributed by atoms with Crippen LogP contribution in [0, 0.1) is 5.92 Å². The van der Waals surface area contributed by atoms with E-state index >= 15 is 0 Å². The van der Waals surface area contributed by atoms with Crippen molar-refractivity contribution in [2.24, 2.45) is 5.92 Å². The van der Waals surface area contributed by atoms with E-state index in [4.69, 9.17) is 0 Å². The van der Waals surface area contributed by atoms with Gasteiger partial charge in [-0.15, -0.1) is 0 Å². The van der Waals surface area contributed by atoms with Crippen LogP contribution < -0.4 is 10.6 Å². The Hall–Kier alpha value is -3.15. The summed E-state index contributed by atoms with van der Waals surface area (Å²) in [5.74, 6) is -0.162. The van der Waals surface area contributed by atoms with Crippen LogP contribution in [0.1, 0.15) is 47.4 Å². The second-order valence-corrected chi connectivity index (χ2v) is 6.85. The maximum atomic E-state index is 12.5. The summed E-state index contributed by atoms with van der Waals surface area (Å²) in [7, 11) is 0. The van der Waals surface area contributed by atoms with Crippen molar-refractivity contribution in [3.63, 3.8) is 0 Å². The van der Waals surface area contributed by atoms with Gasteiger partial charge in [0.15, 0.2) is 0 Å². The molecule has 28 heavy (non-hydrogen) atoms. The number of amides is 3. The summed E-state index contributed by atoms with van der Waals surface area (Å²) in [6, 6.07) is 13.7. The van der Waals surface area contributed by atoms with Crippen LogP contribution in [0.4, 0.5) is 11.4 Å². The number of nitrogens with zero attached hydrogens (tertiary/aromatic N) is 1. The first-order valence-electron chi connectivity index (χ1n) is 9.63. The van der Waals surface area contributed by atoms with Crippen LogP contribution in [-0.4, -0.2) is 35.7 Å². The molecular formula is C22H25N3O3. The summed E-state index contributed by atoms with van der Waals surface area (Å²) in [4.78, 5) is 38.5. The van der Waals surface area contributed by atoms with Crippen molar-refractivity contribution >= 4 is 29.1 Å². The van der Waals surface area contributed by atoms with Crippen molar-refractivity contribution in [2.45, 2.75) is 26.7 Å². The predicted octanol–water partition coefficient (Wildman–Crippen LogP) is 3.77. The highest BCUT2D eigenvalue weighted by molar-refractivity contribution is 6.05. The molecular weight excluding hydrogens is 354 g/mol. The monoisotopic (exact) mass is 379 g/mol. The number of carbonyl (C=O) groups is 3.